The van der Waals surface area contributed by atoms with Crippen molar-refractivity contribution in [1.29, 1.82) is 0 Å². The highest BCUT2D eigenvalue weighted by atomic mass is 32.1. The summed E-state index contributed by atoms with van der Waals surface area (Å²) in [5.74, 6) is -0.359. The number of carbonyl (C=O) groups is 3. The Morgan fingerprint density at radius 3 is 2.73 bits per heavy atom. The second kappa shape index (κ2) is 9.75. The van der Waals surface area contributed by atoms with Crippen LogP contribution in [0.25, 0.3) is 6.08 Å². The third-order valence-electron chi connectivity index (χ3n) is 4.69. The van der Waals surface area contributed by atoms with Crippen LogP contribution in [0.1, 0.15) is 59.0 Å². The monoisotopic (exact) mass is 431 g/mol. The molecule has 0 bridgehead atoms. The summed E-state index contributed by atoms with van der Waals surface area (Å²) in [5.41, 5.74) is 1.39. The Morgan fingerprint density at radius 2 is 2.03 bits per heavy atom. The van der Waals surface area contributed by atoms with Crippen LogP contribution in [0.2, 0.25) is 0 Å². The van der Waals surface area contributed by atoms with Crippen LogP contribution in [0.15, 0.2) is 22.6 Å². The lowest BCUT2D eigenvalue weighted by Crippen LogP contribution is -2.29. The molecular formula is C22H25NO6S. The van der Waals surface area contributed by atoms with Gasteiger partial charge < -0.3 is 19.2 Å². The number of hydrogen-bond donors (Lipinski definition) is 1. The molecule has 3 rings (SSSR count). The summed E-state index contributed by atoms with van der Waals surface area (Å²) >= 11 is 1.39. The summed E-state index contributed by atoms with van der Waals surface area (Å²) in [7, 11) is 0. The molecule has 2 aromatic heterocycles. The van der Waals surface area contributed by atoms with Gasteiger partial charge in [-0.25, -0.2) is 9.59 Å². The highest BCUT2D eigenvalue weighted by Crippen LogP contribution is 2.38. The van der Waals surface area contributed by atoms with Gasteiger partial charge in [-0.2, -0.15) is 0 Å². The molecule has 0 saturated carbocycles. The summed E-state index contributed by atoms with van der Waals surface area (Å²) in [4.78, 5) is 38.2. The first-order valence-corrected chi connectivity index (χ1v) is 10.8. The largest absolute Gasteiger partial charge is 0.462 e. The van der Waals surface area contributed by atoms with Gasteiger partial charge in [0, 0.05) is 11.0 Å². The SMILES string of the molecule is CCOC(=O)c1c(NC(=O)C(C)OC(=O)C=Cc2ccc(C)o2)sc2c1CCCC2. The van der Waals surface area contributed by atoms with Gasteiger partial charge in [-0.1, -0.05) is 0 Å². The molecule has 0 saturated heterocycles. The molecule has 8 heteroatoms. The van der Waals surface area contributed by atoms with E-state index in [2.05, 4.69) is 5.32 Å². The molecule has 0 fully saturated rings. The van der Waals surface area contributed by atoms with E-state index in [0.29, 0.717) is 16.3 Å². The molecule has 2 heterocycles. The van der Waals surface area contributed by atoms with Gasteiger partial charge >= 0.3 is 11.9 Å². The van der Waals surface area contributed by atoms with E-state index in [1.54, 1.807) is 26.0 Å². The fourth-order valence-electron chi connectivity index (χ4n) is 3.25. The molecule has 0 radical (unpaired) electrons. The van der Waals surface area contributed by atoms with Crippen molar-refractivity contribution in [1.82, 2.24) is 0 Å². The van der Waals surface area contributed by atoms with E-state index in [4.69, 9.17) is 13.9 Å². The van der Waals surface area contributed by atoms with Crippen LogP contribution in [-0.4, -0.2) is 30.6 Å². The third-order valence-corrected chi connectivity index (χ3v) is 5.90. The van der Waals surface area contributed by atoms with Gasteiger partial charge in [-0.05, 0) is 70.2 Å². The molecule has 1 N–H and O–H groups in total. The Hall–Kier alpha value is -2.87. The van der Waals surface area contributed by atoms with Crippen LogP contribution in [-0.2, 0) is 31.9 Å². The van der Waals surface area contributed by atoms with Gasteiger partial charge in [0.1, 0.15) is 16.5 Å². The first kappa shape index (κ1) is 21.8. The van der Waals surface area contributed by atoms with Crippen molar-refractivity contribution in [2.45, 2.75) is 52.6 Å². The van der Waals surface area contributed by atoms with Crippen molar-refractivity contribution in [2.24, 2.45) is 0 Å². The maximum atomic E-state index is 12.6. The molecule has 1 aliphatic carbocycles. The minimum atomic E-state index is -1.03. The van der Waals surface area contributed by atoms with Gasteiger partial charge in [-0.15, -0.1) is 11.3 Å². The molecular weight excluding hydrogens is 406 g/mol. The summed E-state index contributed by atoms with van der Waals surface area (Å²) in [6.45, 7) is 5.28. The summed E-state index contributed by atoms with van der Waals surface area (Å²) in [6, 6.07) is 3.51. The van der Waals surface area contributed by atoms with Gasteiger partial charge in [0.15, 0.2) is 6.10 Å². The Bertz CT molecular complexity index is 970. The van der Waals surface area contributed by atoms with Crippen molar-refractivity contribution in [3.63, 3.8) is 0 Å². The molecule has 0 spiro atoms. The lowest BCUT2D eigenvalue weighted by Gasteiger charge is -2.13. The number of thiophene rings is 1. The summed E-state index contributed by atoms with van der Waals surface area (Å²) in [5, 5.41) is 3.20. The average molecular weight is 432 g/mol. The number of anilines is 1. The van der Waals surface area contributed by atoms with E-state index in [0.717, 1.165) is 41.9 Å². The van der Waals surface area contributed by atoms with E-state index >= 15 is 0 Å². The minimum Gasteiger partial charge on any atom is -0.462 e. The summed E-state index contributed by atoms with van der Waals surface area (Å²) < 4.78 is 15.7. The first-order valence-electron chi connectivity index (χ1n) is 9.96. The van der Waals surface area contributed by atoms with Crippen molar-refractivity contribution < 1.29 is 28.3 Å². The number of ether oxygens (including phenoxy) is 2. The molecule has 0 aromatic carbocycles. The Morgan fingerprint density at radius 1 is 1.27 bits per heavy atom. The molecule has 30 heavy (non-hydrogen) atoms. The molecule has 1 atom stereocenters. The van der Waals surface area contributed by atoms with E-state index in [-0.39, 0.29) is 6.61 Å². The Labute approximate surface area is 179 Å². The van der Waals surface area contributed by atoms with E-state index in [9.17, 15) is 14.4 Å². The van der Waals surface area contributed by atoms with Crippen LogP contribution in [0.5, 0.6) is 0 Å². The first-order chi connectivity index (χ1) is 14.4. The number of esters is 2. The van der Waals surface area contributed by atoms with E-state index < -0.39 is 23.9 Å². The zero-order valence-electron chi connectivity index (χ0n) is 17.3. The Kier molecular flexibility index (Phi) is 7.10. The number of rotatable bonds is 7. The molecule has 0 aliphatic heterocycles. The number of aryl methyl sites for hydroxylation is 2. The fourth-order valence-corrected chi connectivity index (χ4v) is 4.53. The zero-order chi connectivity index (χ0) is 21.7. The predicted octanol–water partition coefficient (Wildman–Crippen LogP) is 4.29. The van der Waals surface area contributed by atoms with Crippen LogP contribution >= 0.6 is 11.3 Å². The fraction of sp³-hybridized carbons (Fsp3) is 0.409. The molecule has 1 unspecified atom stereocenters. The third kappa shape index (κ3) is 5.18. The van der Waals surface area contributed by atoms with Crippen molar-refractivity contribution in [3.8, 4) is 0 Å². The minimum absolute atomic E-state index is 0.256. The van der Waals surface area contributed by atoms with Crippen LogP contribution < -0.4 is 5.32 Å². The number of furan rings is 1. The van der Waals surface area contributed by atoms with Gasteiger partial charge in [0.25, 0.3) is 5.91 Å². The quantitative estimate of drug-likeness (QED) is 0.519. The van der Waals surface area contributed by atoms with E-state index in [1.807, 2.05) is 0 Å². The predicted molar refractivity (Wildman–Crippen MR) is 114 cm³/mol. The van der Waals surface area contributed by atoms with Crippen LogP contribution in [0.3, 0.4) is 0 Å². The standard InChI is InChI=1S/C22H25NO6S/c1-4-27-22(26)19-16-7-5-6-8-17(16)30-21(19)23-20(25)14(3)29-18(24)12-11-15-10-9-13(2)28-15/h9-12,14H,4-8H2,1-3H3,(H,23,25). The number of nitrogens with one attached hydrogen (secondary N) is 1. The van der Waals surface area contributed by atoms with Crippen molar-refractivity contribution in [3.05, 3.63) is 45.7 Å². The lowest BCUT2D eigenvalue weighted by molar-refractivity contribution is -0.148. The highest BCUT2D eigenvalue weighted by molar-refractivity contribution is 7.17. The van der Waals surface area contributed by atoms with Crippen LogP contribution in [0.4, 0.5) is 5.00 Å². The Balaban J connectivity index is 1.67. The molecule has 1 amide bonds. The second-order valence-corrected chi connectivity index (χ2v) is 8.09. The normalized spacial score (nSPS) is 14.2. The maximum Gasteiger partial charge on any atom is 0.341 e. The lowest BCUT2D eigenvalue weighted by atomic mass is 9.95. The zero-order valence-corrected chi connectivity index (χ0v) is 18.1. The highest BCUT2D eigenvalue weighted by Gasteiger charge is 2.28. The number of hydrogen-bond acceptors (Lipinski definition) is 7. The van der Waals surface area contributed by atoms with Crippen molar-refractivity contribution in [2.75, 3.05) is 11.9 Å². The topological polar surface area (TPSA) is 94.8 Å². The smallest absolute Gasteiger partial charge is 0.341 e. The number of carbonyl (C=O) groups excluding carboxylic acids is 3. The number of fused-ring (bicyclic) bond motifs is 1. The summed E-state index contributed by atoms with van der Waals surface area (Å²) in [6.07, 6.45) is 5.37. The molecule has 7 nitrogen and oxygen atoms in total. The maximum absolute atomic E-state index is 12.6. The van der Waals surface area contributed by atoms with Crippen molar-refractivity contribution >= 4 is 40.3 Å². The van der Waals surface area contributed by atoms with Gasteiger partial charge in [0.2, 0.25) is 0 Å². The van der Waals surface area contributed by atoms with E-state index in [1.165, 1.54) is 30.4 Å². The van der Waals surface area contributed by atoms with Crippen LogP contribution in [0, 0.1) is 6.92 Å². The van der Waals surface area contributed by atoms with Gasteiger partial charge in [-0.3, -0.25) is 4.79 Å². The second-order valence-electron chi connectivity index (χ2n) is 6.99. The molecule has 2 aromatic rings. The number of amides is 1. The molecule has 160 valence electrons. The average Bonchev–Trinajstić information content (AvgIpc) is 3.29. The molecule has 1 aliphatic rings. The van der Waals surface area contributed by atoms with Gasteiger partial charge in [0.05, 0.1) is 12.2 Å².